The van der Waals surface area contributed by atoms with E-state index >= 15 is 0 Å². The summed E-state index contributed by atoms with van der Waals surface area (Å²) in [6.45, 7) is -0.240. The molecule has 3 aromatic carbocycles. The molecule has 0 saturated carbocycles. The highest BCUT2D eigenvalue weighted by Gasteiger charge is 2.12. The first-order chi connectivity index (χ1) is 11.5. The fraction of sp³-hybridized carbons (Fsp3) is 0.0556. The number of esters is 1. The van der Waals surface area contributed by atoms with Crippen molar-refractivity contribution < 1.29 is 14.3 Å². The Morgan fingerprint density at radius 1 is 1.00 bits per heavy atom. The summed E-state index contributed by atoms with van der Waals surface area (Å²) in [7, 11) is 0. The van der Waals surface area contributed by atoms with Crippen LogP contribution in [0, 0.1) is 0 Å². The van der Waals surface area contributed by atoms with Gasteiger partial charge in [-0.1, -0.05) is 53.5 Å². The Balaban J connectivity index is 1.69. The molecule has 3 nitrogen and oxygen atoms in total. The van der Waals surface area contributed by atoms with Crippen LogP contribution in [-0.2, 0) is 4.79 Å². The lowest BCUT2D eigenvalue weighted by Crippen LogP contribution is -2.18. The van der Waals surface area contributed by atoms with Gasteiger partial charge in [-0.25, -0.2) is 4.79 Å². The van der Waals surface area contributed by atoms with E-state index in [0.29, 0.717) is 10.8 Å². The van der Waals surface area contributed by atoms with Crippen molar-refractivity contribution >= 4 is 55.9 Å². The van der Waals surface area contributed by atoms with E-state index in [9.17, 15) is 4.79 Å². The molecule has 0 saturated heterocycles. The first-order valence-corrected chi connectivity index (χ1v) is 8.55. The second-order valence-corrected chi connectivity index (χ2v) is 6.57. The summed E-state index contributed by atoms with van der Waals surface area (Å²) in [6, 6.07) is 16.2. The lowest BCUT2D eigenvalue weighted by atomic mass is 10.1. The molecule has 0 aromatic heterocycles. The highest BCUT2D eigenvalue weighted by molar-refractivity contribution is 9.10. The van der Waals surface area contributed by atoms with Gasteiger partial charge in [-0.3, -0.25) is 0 Å². The maximum atomic E-state index is 11.9. The molecule has 3 aromatic rings. The second kappa shape index (κ2) is 7.43. The number of benzene rings is 3. The van der Waals surface area contributed by atoms with E-state index in [4.69, 9.17) is 32.7 Å². The van der Waals surface area contributed by atoms with Crippen LogP contribution in [0.2, 0.25) is 10.0 Å². The van der Waals surface area contributed by atoms with Crippen molar-refractivity contribution in [2.75, 3.05) is 6.61 Å². The van der Waals surface area contributed by atoms with Gasteiger partial charge in [-0.2, -0.15) is 0 Å². The largest absolute Gasteiger partial charge is 0.481 e. The zero-order valence-electron chi connectivity index (χ0n) is 12.3. The number of rotatable bonds is 4. The van der Waals surface area contributed by atoms with Crippen LogP contribution in [0.5, 0.6) is 11.5 Å². The van der Waals surface area contributed by atoms with Crippen molar-refractivity contribution in [1.82, 2.24) is 0 Å². The number of carbonyl (C=O) groups excluding carboxylic acids is 1. The monoisotopic (exact) mass is 424 g/mol. The van der Waals surface area contributed by atoms with Gasteiger partial charge < -0.3 is 9.47 Å². The van der Waals surface area contributed by atoms with Gasteiger partial charge >= 0.3 is 5.97 Å². The van der Waals surface area contributed by atoms with Crippen LogP contribution in [0.4, 0.5) is 0 Å². The third kappa shape index (κ3) is 3.83. The molecular formula is C18H11BrCl2O3. The third-order valence-electron chi connectivity index (χ3n) is 3.29. The molecule has 0 N–H and O–H groups in total. The van der Waals surface area contributed by atoms with Crippen LogP contribution in [0.1, 0.15) is 0 Å². The van der Waals surface area contributed by atoms with E-state index in [-0.39, 0.29) is 17.4 Å². The van der Waals surface area contributed by atoms with E-state index < -0.39 is 5.97 Å². The lowest BCUT2D eigenvalue weighted by molar-refractivity contribution is -0.136. The van der Waals surface area contributed by atoms with E-state index in [2.05, 4.69) is 15.9 Å². The van der Waals surface area contributed by atoms with Crippen LogP contribution < -0.4 is 9.47 Å². The summed E-state index contributed by atoms with van der Waals surface area (Å²) in [5.41, 5.74) is 0. The minimum absolute atomic E-state index is 0.240. The number of hydrogen-bond acceptors (Lipinski definition) is 3. The van der Waals surface area contributed by atoms with Crippen LogP contribution >= 0.6 is 39.1 Å². The predicted octanol–water partition coefficient (Wildman–Crippen LogP) is 5.89. The summed E-state index contributed by atoms with van der Waals surface area (Å²) in [5.74, 6) is 0.249. The van der Waals surface area contributed by atoms with Gasteiger partial charge in [-0.15, -0.1) is 0 Å². The fourth-order valence-electron chi connectivity index (χ4n) is 2.17. The second-order valence-electron chi connectivity index (χ2n) is 4.94. The Hall–Kier alpha value is -1.75. The topological polar surface area (TPSA) is 35.5 Å². The van der Waals surface area contributed by atoms with Gasteiger partial charge in [0.15, 0.2) is 6.61 Å². The molecule has 0 aliphatic heterocycles. The van der Waals surface area contributed by atoms with Gasteiger partial charge in [0.25, 0.3) is 0 Å². The first-order valence-electron chi connectivity index (χ1n) is 7.00. The van der Waals surface area contributed by atoms with Crippen LogP contribution in [0.3, 0.4) is 0 Å². The SMILES string of the molecule is O=C(COc1ccc2ccccc2c1Br)Oc1ccc(Cl)cc1Cl. The van der Waals surface area contributed by atoms with Gasteiger partial charge in [-0.05, 0) is 51.0 Å². The van der Waals surface area contributed by atoms with Crippen molar-refractivity contribution in [2.45, 2.75) is 0 Å². The van der Waals surface area contributed by atoms with Gasteiger partial charge in [0.05, 0.1) is 9.50 Å². The summed E-state index contributed by atoms with van der Waals surface area (Å²) in [6.07, 6.45) is 0. The van der Waals surface area contributed by atoms with Gasteiger partial charge in [0.2, 0.25) is 0 Å². The van der Waals surface area contributed by atoms with Crippen molar-refractivity contribution in [1.29, 1.82) is 0 Å². The maximum absolute atomic E-state index is 11.9. The van der Waals surface area contributed by atoms with Crippen LogP contribution in [0.25, 0.3) is 10.8 Å². The Morgan fingerprint density at radius 3 is 2.54 bits per heavy atom. The molecule has 3 rings (SSSR count). The summed E-state index contributed by atoms with van der Waals surface area (Å²) < 4.78 is 11.5. The zero-order chi connectivity index (χ0) is 17.1. The predicted molar refractivity (Wildman–Crippen MR) is 99.2 cm³/mol. The average Bonchev–Trinajstić information content (AvgIpc) is 2.57. The highest BCUT2D eigenvalue weighted by atomic mass is 79.9. The van der Waals surface area contributed by atoms with E-state index in [1.54, 1.807) is 12.1 Å². The molecule has 0 radical (unpaired) electrons. The zero-order valence-corrected chi connectivity index (χ0v) is 15.4. The molecule has 24 heavy (non-hydrogen) atoms. The van der Waals surface area contributed by atoms with E-state index in [1.807, 2.05) is 30.3 Å². The Kier molecular flexibility index (Phi) is 5.29. The third-order valence-corrected chi connectivity index (χ3v) is 4.64. The van der Waals surface area contributed by atoms with Crippen molar-refractivity contribution in [3.05, 3.63) is 69.1 Å². The smallest absolute Gasteiger partial charge is 0.349 e. The summed E-state index contributed by atoms with van der Waals surface area (Å²) in [4.78, 5) is 11.9. The first kappa shape index (κ1) is 17.1. The maximum Gasteiger partial charge on any atom is 0.349 e. The van der Waals surface area contributed by atoms with Crippen LogP contribution in [0.15, 0.2) is 59.1 Å². The molecule has 0 fully saturated rings. The number of halogens is 3. The van der Waals surface area contributed by atoms with Crippen molar-refractivity contribution in [3.63, 3.8) is 0 Å². The molecule has 0 bridgehead atoms. The van der Waals surface area contributed by atoms with Crippen molar-refractivity contribution in [2.24, 2.45) is 0 Å². The Morgan fingerprint density at radius 2 is 1.75 bits per heavy atom. The fourth-order valence-corrected chi connectivity index (χ4v) is 3.23. The van der Waals surface area contributed by atoms with Gasteiger partial charge in [0.1, 0.15) is 11.5 Å². The summed E-state index contributed by atoms with van der Waals surface area (Å²) in [5, 5.41) is 2.82. The summed E-state index contributed by atoms with van der Waals surface area (Å²) >= 11 is 15.3. The van der Waals surface area contributed by atoms with Gasteiger partial charge in [0, 0.05) is 5.02 Å². The highest BCUT2D eigenvalue weighted by Crippen LogP contribution is 2.33. The standard InChI is InChI=1S/C18H11BrCl2O3/c19-18-13-4-2-1-3-11(13)5-7-16(18)23-10-17(22)24-15-8-6-12(20)9-14(15)21/h1-9H,10H2. The molecule has 122 valence electrons. The number of hydrogen-bond donors (Lipinski definition) is 0. The number of ether oxygens (including phenoxy) is 2. The molecule has 0 amide bonds. The number of fused-ring (bicyclic) bond motifs is 1. The lowest BCUT2D eigenvalue weighted by Gasteiger charge is -2.11. The molecule has 0 heterocycles. The quantitative estimate of drug-likeness (QED) is 0.386. The molecular weight excluding hydrogens is 415 g/mol. The van der Waals surface area contributed by atoms with Crippen molar-refractivity contribution in [3.8, 4) is 11.5 Å². The van der Waals surface area contributed by atoms with E-state index in [0.717, 1.165) is 15.2 Å². The molecule has 0 spiro atoms. The minimum atomic E-state index is -0.556. The van der Waals surface area contributed by atoms with E-state index in [1.165, 1.54) is 12.1 Å². The molecule has 0 unspecified atom stereocenters. The normalized spacial score (nSPS) is 10.6. The Labute approximate surface area is 157 Å². The minimum Gasteiger partial charge on any atom is -0.481 e. The average molecular weight is 426 g/mol. The van der Waals surface area contributed by atoms with Crippen LogP contribution in [-0.4, -0.2) is 12.6 Å². The molecule has 0 aliphatic carbocycles. The molecule has 0 atom stereocenters. The Bertz CT molecular complexity index is 912. The molecule has 6 heteroatoms. The molecule has 0 aliphatic rings. The number of carbonyl (C=O) groups is 1.